The van der Waals surface area contributed by atoms with E-state index in [1.165, 1.54) is 16.9 Å². The van der Waals surface area contributed by atoms with Crippen molar-refractivity contribution >= 4 is 34.0 Å². The zero-order valence-electron chi connectivity index (χ0n) is 18.7. The Morgan fingerprint density at radius 1 is 0.824 bits per heavy atom. The Bertz CT molecular complexity index is 1240. The number of methoxy groups -OCH3 is 1. The molecule has 0 bridgehead atoms. The monoisotopic (exact) mass is 472 g/mol. The van der Waals surface area contributed by atoms with Crippen molar-refractivity contribution in [1.29, 1.82) is 0 Å². The zero-order valence-corrected chi connectivity index (χ0v) is 19.5. The minimum absolute atomic E-state index is 0.112. The molecule has 3 aromatic carbocycles. The third-order valence-electron chi connectivity index (χ3n) is 5.11. The quantitative estimate of drug-likeness (QED) is 0.366. The van der Waals surface area contributed by atoms with Crippen LogP contribution >= 0.6 is 11.3 Å². The minimum atomic E-state index is -0.278. The van der Waals surface area contributed by atoms with Gasteiger partial charge in [0.15, 0.2) is 0 Å². The van der Waals surface area contributed by atoms with E-state index < -0.39 is 0 Å². The van der Waals surface area contributed by atoms with Gasteiger partial charge in [-0.25, -0.2) is 0 Å². The van der Waals surface area contributed by atoms with E-state index in [0.717, 1.165) is 29.2 Å². The van der Waals surface area contributed by atoms with Crippen molar-refractivity contribution in [3.05, 3.63) is 101 Å². The van der Waals surface area contributed by atoms with E-state index in [0.29, 0.717) is 22.8 Å². The van der Waals surface area contributed by atoms with Crippen molar-refractivity contribution in [3.8, 4) is 5.75 Å². The largest absolute Gasteiger partial charge is 0.497 e. The minimum Gasteiger partial charge on any atom is -0.497 e. The van der Waals surface area contributed by atoms with Gasteiger partial charge in [0, 0.05) is 17.7 Å². The predicted octanol–water partition coefficient (Wildman–Crippen LogP) is 4.77. The summed E-state index contributed by atoms with van der Waals surface area (Å²) in [4.78, 5) is 24.8. The SMILES string of the molecule is COc1ccc(CCc2nnc(NC(=O)c3ccc(NC(=O)Cc4ccccc4)cc3)s2)cc1. The molecular formula is C26H24N4O3S. The molecule has 1 heterocycles. The first-order valence-corrected chi connectivity index (χ1v) is 11.6. The molecule has 34 heavy (non-hydrogen) atoms. The second-order valence-corrected chi connectivity index (χ2v) is 8.65. The second-order valence-electron chi connectivity index (χ2n) is 7.59. The van der Waals surface area contributed by atoms with Gasteiger partial charge < -0.3 is 10.1 Å². The van der Waals surface area contributed by atoms with Crippen molar-refractivity contribution in [2.24, 2.45) is 0 Å². The normalized spacial score (nSPS) is 10.5. The van der Waals surface area contributed by atoms with Crippen molar-refractivity contribution < 1.29 is 14.3 Å². The van der Waals surface area contributed by atoms with Crippen LogP contribution in [-0.2, 0) is 24.1 Å². The second kappa shape index (κ2) is 11.2. The summed E-state index contributed by atoms with van der Waals surface area (Å²) in [5, 5.41) is 15.2. The fraction of sp³-hybridized carbons (Fsp3) is 0.154. The molecule has 172 valence electrons. The first-order valence-electron chi connectivity index (χ1n) is 10.8. The fourth-order valence-electron chi connectivity index (χ4n) is 3.31. The van der Waals surface area contributed by atoms with Gasteiger partial charge in [-0.1, -0.05) is 53.8 Å². The number of hydrogen-bond acceptors (Lipinski definition) is 6. The molecule has 4 aromatic rings. The number of nitrogens with zero attached hydrogens (tertiary/aromatic N) is 2. The summed E-state index contributed by atoms with van der Waals surface area (Å²) in [6.45, 7) is 0. The molecule has 2 amide bonds. The van der Waals surface area contributed by atoms with E-state index in [4.69, 9.17) is 4.74 Å². The molecule has 0 unspecified atom stereocenters. The summed E-state index contributed by atoms with van der Waals surface area (Å²) >= 11 is 1.36. The first-order chi connectivity index (χ1) is 16.6. The maximum absolute atomic E-state index is 12.6. The van der Waals surface area contributed by atoms with E-state index in [1.54, 1.807) is 31.4 Å². The van der Waals surface area contributed by atoms with Crippen molar-refractivity contribution in [3.63, 3.8) is 0 Å². The molecule has 2 N–H and O–H groups in total. The lowest BCUT2D eigenvalue weighted by molar-refractivity contribution is -0.115. The van der Waals surface area contributed by atoms with E-state index >= 15 is 0 Å². The smallest absolute Gasteiger partial charge is 0.257 e. The third kappa shape index (κ3) is 6.49. The number of anilines is 2. The Kier molecular flexibility index (Phi) is 7.62. The number of amides is 2. The summed E-state index contributed by atoms with van der Waals surface area (Å²) in [6, 6.07) is 24.2. The third-order valence-corrected chi connectivity index (χ3v) is 6.01. The lowest BCUT2D eigenvalue weighted by Crippen LogP contribution is -2.15. The van der Waals surface area contributed by atoms with Crippen LogP contribution in [0.1, 0.15) is 26.5 Å². The van der Waals surface area contributed by atoms with Gasteiger partial charge in [0.2, 0.25) is 11.0 Å². The van der Waals surface area contributed by atoms with E-state index in [-0.39, 0.29) is 11.8 Å². The molecule has 0 atom stereocenters. The Balaban J connectivity index is 1.27. The molecule has 0 aliphatic heterocycles. The van der Waals surface area contributed by atoms with Crippen LogP contribution in [0.3, 0.4) is 0 Å². The Morgan fingerprint density at radius 3 is 2.26 bits per heavy atom. The summed E-state index contributed by atoms with van der Waals surface area (Å²) < 4.78 is 5.17. The first kappa shape index (κ1) is 23.1. The van der Waals surface area contributed by atoms with Crippen LogP contribution in [0.2, 0.25) is 0 Å². The van der Waals surface area contributed by atoms with Gasteiger partial charge in [0.25, 0.3) is 5.91 Å². The maximum atomic E-state index is 12.6. The molecular weight excluding hydrogens is 448 g/mol. The molecule has 4 rings (SSSR count). The molecule has 0 saturated heterocycles. The van der Waals surface area contributed by atoms with Crippen LogP contribution in [-0.4, -0.2) is 29.1 Å². The fourth-order valence-corrected chi connectivity index (χ4v) is 4.04. The molecule has 0 aliphatic carbocycles. The molecule has 0 radical (unpaired) electrons. The highest BCUT2D eigenvalue weighted by Crippen LogP contribution is 2.20. The van der Waals surface area contributed by atoms with Crippen LogP contribution in [0, 0.1) is 0 Å². The van der Waals surface area contributed by atoms with Crippen molar-refractivity contribution in [1.82, 2.24) is 10.2 Å². The highest BCUT2D eigenvalue weighted by Gasteiger charge is 2.11. The molecule has 1 aromatic heterocycles. The Labute approximate surface area is 201 Å². The Morgan fingerprint density at radius 2 is 1.56 bits per heavy atom. The van der Waals surface area contributed by atoms with Crippen LogP contribution in [0.4, 0.5) is 10.8 Å². The van der Waals surface area contributed by atoms with E-state index in [9.17, 15) is 9.59 Å². The van der Waals surface area contributed by atoms with Gasteiger partial charge in [-0.2, -0.15) is 0 Å². The highest BCUT2D eigenvalue weighted by atomic mass is 32.1. The summed E-state index contributed by atoms with van der Waals surface area (Å²) in [6.07, 6.45) is 1.85. The number of carbonyl (C=O) groups excluding carboxylic acids is 2. The van der Waals surface area contributed by atoms with Gasteiger partial charge in [0.1, 0.15) is 10.8 Å². The molecule has 0 aliphatic rings. The zero-order chi connectivity index (χ0) is 23.8. The molecule has 0 spiro atoms. The number of aryl methyl sites for hydroxylation is 2. The summed E-state index contributed by atoms with van der Waals surface area (Å²) in [7, 11) is 1.64. The number of aromatic nitrogens is 2. The molecule has 0 fully saturated rings. The summed E-state index contributed by atoms with van der Waals surface area (Å²) in [5.41, 5.74) is 3.22. The lowest BCUT2D eigenvalue weighted by atomic mass is 10.1. The average Bonchev–Trinajstić information content (AvgIpc) is 3.31. The van der Waals surface area contributed by atoms with Crippen molar-refractivity contribution in [2.45, 2.75) is 19.3 Å². The van der Waals surface area contributed by atoms with Gasteiger partial charge in [-0.3, -0.25) is 14.9 Å². The number of carbonyl (C=O) groups is 2. The number of nitrogens with one attached hydrogen (secondary N) is 2. The Hall–Kier alpha value is -4.04. The highest BCUT2D eigenvalue weighted by molar-refractivity contribution is 7.15. The van der Waals surface area contributed by atoms with Crippen LogP contribution in [0.15, 0.2) is 78.9 Å². The van der Waals surface area contributed by atoms with Crippen molar-refractivity contribution in [2.75, 3.05) is 17.7 Å². The maximum Gasteiger partial charge on any atom is 0.257 e. The molecule has 8 heteroatoms. The number of rotatable bonds is 9. The number of hydrogen-bond donors (Lipinski definition) is 2. The van der Waals surface area contributed by atoms with Gasteiger partial charge >= 0.3 is 0 Å². The van der Waals surface area contributed by atoms with Crippen LogP contribution < -0.4 is 15.4 Å². The summed E-state index contributed by atoms with van der Waals surface area (Å²) in [5.74, 6) is 0.437. The molecule has 0 saturated carbocycles. The predicted molar refractivity (Wildman–Crippen MR) is 133 cm³/mol. The van der Waals surface area contributed by atoms with Crippen LogP contribution in [0.25, 0.3) is 0 Å². The lowest BCUT2D eigenvalue weighted by Gasteiger charge is -2.07. The average molecular weight is 473 g/mol. The number of benzene rings is 3. The topological polar surface area (TPSA) is 93.2 Å². The van der Waals surface area contributed by atoms with E-state index in [1.807, 2.05) is 54.6 Å². The van der Waals surface area contributed by atoms with Crippen LogP contribution in [0.5, 0.6) is 5.75 Å². The number of ether oxygens (including phenoxy) is 1. The standard InChI is InChI=1S/C26H24N4O3S/c1-33-22-14-7-18(8-15-22)9-16-24-29-30-26(34-24)28-25(32)20-10-12-21(13-11-20)27-23(31)17-19-5-3-2-4-6-19/h2-8,10-15H,9,16-17H2,1H3,(H,27,31)(H,28,30,32). The van der Waals surface area contributed by atoms with Gasteiger partial charge in [-0.15, -0.1) is 10.2 Å². The van der Waals surface area contributed by atoms with Gasteiger partial charge in [0.05, 0.1) is 13.5 Å². The van der Waals surface area contributed by atoms with Gasteiger partial charge in [-0.05, 0) is 53.9 Å². The van der Waals surface area contributed by atoms with E-state index in [2.05, 4.69) is 20.8 Å². The molecule has 7 nitrogen and oxygen atoms in total.